The van der Waals surface area contributed by atoms with Gasteiger partial charge >= 0.3 is 5.97 Å². The minimum Gasteiger partial charge on any atom is -0.461 e. The summed E-state index contributed by atoms with van der Waals surface area (Å²) in [7, 11) is -2.11. The molecule has 17 heavy (non-hydrogen) atoms. The summed E-state index contributed by atoms with van der Waals surface area (Å²) in [5.41, 5.74) is 0. The average Bonchev–Trinajstić information content (AvgIpc) is 2.20. The second-order valence-corrected chi connectivity index (χ2v) is 4.82. The lowest BCUT2D eigenvalue weighted by molar-refractivity contribution is -0.152. The van der Waals surface area contributed by atoms with Gasteiger partial charge in [-0.1, -0.05) is 0 Å². The van der Waals surface area contributed by atoms with Gasteiger partial charge in [0, 0.05) is 7.11 Å². The first-order chi connectivity index (χ1) is 7.87. The third-order valence-electron chi connectivity index (χ3n) is 1.55. The highest BCUT2D eigenvalue weighted by molar-refractivity contribution is 7.86. The maximum absolute atomic E-state index is 11.2. The van der Waals surface area contributed by atoms with Crippen LogP contribution in [0.1, 0.15) is 6.92 Å². The molecule has 0 aromatic heterocycles. The summed E-state index contributed by atoms with van der Waals surface area (Å²) in [5, 5.41) is 0. The fourth-order valence-corrected chi connectivity index (χ4v) is 1.47. The van der Waals surface area contributed by atoms with E-state index in [0.717, 1.165) is 6.26 Å². The van der Waals surface area contributed by atoms with Crippen molar-refractivity contribution >= 4 is 16.1 Å². The number of esters is 1. The van der Waals surface area contributed by atoms with E-state index in [1.54, 1.807) is 7.11 Å². The maximum atomic E-state index is 11.2. The summed E-state index contributed by atoms with van der Waals surface area (Å²) in [5.74, 6) is -0.745. The third kappa shape index (κ3) is 10.2. The van der Waals surface area contributed by atoms with Crippen LogP contribution in [0.2, 0.25) is 0 Å². The van der Waals surface area contributed by atoms with E-state index in [-0.39, 0.29) is 13.2 Å². The number of ether oxygens (including phenoxy) is 3. The van der Waals surface area contributed by atoms with E-state index in [1.807, 2.05) is 0 Å². The second-order valence-electron chi connectivity index (χ2n) is 3.22. The summed E-state index contributed by atoms with van der Waals surface area (Å²) < 4.78 is 40.4. The van der Waals surface area contributed by atoms with Crippen LogP contribution < -0.4 is 0 Å². The zero-order chi connectivity index (χ0) is 13.3. The van der Waals surface area contributed by atoms with E-state index in [9.17, 15) is 13.2 Å². The van der Waals surface area contributed by atoms with Gasteiger partial charge in [0.25, 0.3) is 10.1 Å². The molecule has 102 valence electrons. The molecule has 0 saturated carbocycles. The van der Waals surface area contributed by atoms with Gasteiger partial charge in [0.1, 0.15) is 6.61 Å². The van der Waals surface area contributed by atoms with E-state index in [2.05, 4.69) is 4.18 Å². The molecule has 1 unspecified atom stereocenters. The van der Waals surface area contributed by atoms with E-state index in [1.165, 1.54) is 6.92 Å². The second kappa shape index (κ2) is 8.40. The first-order valence-corrected chi connectivity index (χ1v) is 6.80. The minimum atomic E-state index is -3.66. The van der Waals surface area contributed by atoms with Crippen molar-refractivity contribution < 1.29 is 31.6 Å². The quantitative estimate of drug-likeness (QED) is 0.319. The zero-order valence-electron chi connectivity index (χ0n) is 10.2. The molecule has 0 fully saturated rings. The van der Waals surface area contributed by atoms with Crippen molar-refractivity contribution in [3.63, 3.8) is 0 Å². The molecule has 0 aliphatic rings. The van der Waals surface area contributed by atoms with Crippen LogP contribution in [0.25, 0.3) is 0 Å². The van der Waals surface area contributed by atoms with Crippen molar-refractivity contribution in [2.24, 2.45) is 0 Å². The Balaban J connectivity index is 3.65. The molecule has 0 bridgehead atoms. The summed E-state index contributed by atoms with van der Waals surface area (Å²) in [6, 6.07) is 0. The van der Waals surface area contributed by atoms with E-state index in [0.29, 0.717) is 13.2 Å². The number of rotatable bonds is 9. The summed E-state index contributed by atoms with van der Waals surface area (Å²) in [6.45, 7) is 2.43. The molecule has 7 nitrogen and oxygen atoms in total. The number of carbonyl (C=O) groups is 1. The number of hydrogen-bond acceptors (Lipinski definition) is 7. The standard InChI is InChI=1S/C9H18O7S/c1-8(16-17(3,11)12)9(10)15-7-6-14-5-4-13-2/h8H,4-7H2,1-3H3. The first kappa shape index (κ1) is 16.3. The number of methoxy groups -OCH3 is 1. The fourth-order valence-electron chi connectivity index (χ4n) is 0.864. The van der Waals surface area contributed by atoms with Crippen LogP contribution in [0.4, 0.5) is 0 Å². The van der Waals surface area contributed by atoms with Crippen LogP contribution in [-0.4, -0.2) is 60.3 Å². The van der Waals surface area contributed by atoms with Crippen LogP contribution in [0.5, 0.6) is 0 Å². The monoisotopic (exact) mass is 270 g/mol. The molecule has 0 aromatic rings. The van der Waals surface area contributed by atoms with Gasteiger partial charge in [0.05, 0.1) is 26.1 Å². The molecule has 0 amide bonds. The molecule has 0 aliphatic carbocycles. The molecule has 0 aliphatic heterocycles. The van der Waals surface area contributed by atoms with E-state index >= 15 is 0 Å². The first-order valence-electron chi connectivity index (χ1n) is 4.98. The predicted octanol–water partition coefficient (Wildman–Crippen LogP) is -0.443. The van der Waals surface area contributed by atoms with Crippen LogP contribution in [-0.2, 0) is 33.3 Å². The van der Waals surface area contributed by atoms with Crippen molar-refractivity contribution in [1.29, 1.82) is 0 Å². The molecule has 1 atom stereocenters. The van der Waals surface area contributed by atoms with Gasteiger partial charge in [-0.05, 0) is 6.92 Å². The molecule has 0 N–H and O–H groups in total. The molecule has 0 saturated heterocycles. The number of hydrogen-bond donors (Lipinski definition) is 0. The highest BCUT2D eigenvalue weighted by Crippen LogP contribution is 1.99. The summed E-state index contributed by atoms with van der Waals surface area (Å²) in [4.78, 5) is 11.2. The van der Waals surface area contributed by atoms with Crippen molar-refractivity contribution in [3.8, 4) is 0 Å². The Morgan fingerprint density at radius 1 is 1.18 bits per heavy atom. The SMILES string of the molecule is COCCOCCOC(=O)C(C)OS(C)(=O)=O. The predicted molar refractivity (Wildman–Crippen MR) is 59.0 cm³/mol. The topological polar surface area (TPSA) is 88.1 Å². The van der Waals surface area contributed by atoms with Crippen molar-refractivity contribution in [2.75, 3.05) is 39.8 Å². The lowest BCUT2D eigenvalue weighted by Crippen LogP contribution is -2.27. The third-order valence-corrected chi connectivity index (χ3v) is 2.19. The van der Waals surface area contributed by atoms with Crippen molar-refractivity contribution in [2.45, 2.75) is 13.0 Å². The maximum Gasteiger partial charge on any atom is 0.336 e. The Kier molecular flexibility index (Phi) is 8.05. The lowest BCUT2D eigenvalue weighted by atomic mass is 10.4. The van der Waals surface area contributed by atoms with Crippen LogP contribution in [0.15, 0.2) is 0 Å². The Bertz CT molecular complexity index is 311. The molecular formula is C9H18O7S. The Hall–Kier alpha value is -0.700. The van der Waals surface area contributed by atoms with Crippen LogP contribution >= 0.6 is 0 Å². The normalized spacial score (nSPS) is 13.4. The molecular weight excluding hydrogens is 252 g/mol. The molecule has 8 heteroatoms. The largest absolute Gasteiger partial charge is 0.461 e. The lowest BCUT2D eigenvalue weighted by Gasteiger charge is -2.10. The summed E-state index contributed by atoms with van der Waals surface area (Å²) >= 11 is 0. The van der Waals surface area contributed by atoms with Gasteiger partial charge in [-0.3, -0.25) is 4.18 Å². The van der Waals surface area contributed by atoms with E-state index < -0.39 is 22.2 Å². The zero-order valence-corrected chi connectivity index (χ0v) is 11.0. The fraction of sp³-hybridized carbons (Fsp3) is 0.889. The highest BCUT2D eigenvalue weighted by atomic mass is 32.2. The smallest absolute Gasteiger partial charge is 0.336 e. The van der Waals surface area contributed by atoms with Gasteiger partial charge in [-0.2, -0.15) is 8.42 Å². The van der Waals surface area contributed by atoms with Crippen molar-refractivity contribution in [1.82, 2.24) is 0 Å². The van der Waals surface area contributed by atoms with Crippen molar-refractivity contribution in [3.05, 3.63) is 0 Å². The molecule has 0 heterocycles. The minimum absolute atomic E-state index is 0.0417. The highest BCUT2D eigenvalue weighted by Gasteiger charge is 2.19. The molecule has 0 spiro atoms. The summed E-state index contributed by atoms with van der Waals surface area (Å²) in [6.07, 6.45) is -0.283. The molecule has 0 aromatic carbocycles. The van der Waals surface area contributed by atoms with Crippen LogP contribution in [0.3, 0.4) is 0 Å². The van der Waals surface area contributed by atoms with Crippen LogP contribution in [0, 0.1) is 0 Å². The number of carbonyl (C=O) groups excluding carboxylic acids is 1. The Morgan fingerprint density at radius 2 is 1.76 bits per heavy atom. The Morgan fingerprint density at radius 3 is 2.29 bits per heavy atom. The average molecular weight is 270 g/mol. The van der Waals surface area contributed by atoms with Gasteiger partial charge in [0.15, 0.2) is 6.10 Å². The molecule has 0 radical (unpaired) electrons. The van der Waals surface area contributed by atoms with E-state index in [4.69, 9.17) is 14.2 Å². The van der Waals surface area contributed by atoms with Gasteiger partial charge in [-0.15, -0.1) is 0 Å². The Labute approximate surface area is 101 Å². The van der Waals surface area contributed by atoms with Gasteiger partial charge < -0.3 is 14.2 Å². The van der Waals surface area contributed by atoms with Gasteiger partial charge in [-0.25, -0.2) is 4.79 Å². The van der Waals surface area contributed by atoms with Gasteiger partial charge in [0.2, 0.25) is 0 Å². The molecule has 0 rings (SSSR count).